The molecule has 0 saturated heterocycles. The molecule has 7 nitrogen and oxygen atoms in total. The summed E-state index contributed by atoms with van der Waals surface area (Å²) in [5.74, 6) is -0.560. The molecule has 0 aliphatic heterocycles. The number of amides is 1. The van der Waals surface area contributed by atoms with Gasteiger partial charge < -0.3 is 10.1 Å². The van der Waals surface area contributed by atoms with Crippen LogP contribution in [0, 0.1) is 6.92 Å². The third-order valence-electron chi connectivity index (χ3n) is 4.12. The molecule has 0 aliphatic carbocycles. The van der Waals surface area contributed by atoms with Gasteiger partial charge in [0.25, 0.3) is 5.91 Å². The van der Waals surface area contributed by atoms with Gasteiger partial charge in [-0.1, -0.05) is 30.3 Å². The molecule has 30 heavy (non-hydrogen) atoms. The first-order chi connectivity index (χ1) is 14.6. The number of esters is 1. The smallest absolute Gasteiger partial charge is 0.331 e. The van der Waals surface area contributed by atoms with Crippen molar-refractivity contribution in [2.45, 2.75) is 6.92 Å². The summed E-state index contributed by atoms with van der Waals surface area (Å²) in [5.41, 5.74) is 2.45. The standard InChI is InChI=1S/C22H18N4O3S/c1-15-13-19(26(25-15)16-7-3-2-4-8-16)24-20(27)14-29-22(28)12-11-21-23-17-9-5-6-10-18(17)30-21/h2-13H,14H2,1H3,(H,24,27). The van der Waals surface area contributed by atoms with Gasteiger partial charge in [-0.2, -0.15) is 5.10 Å². The van der Waals surface area contributed by atoms with E-state index in [1.54, 1.807) is 16.8 Å². The Hall–Kier alpha value is -3.78. The van der Waals surface area contributed by atoms with Crippen molar-refractivity contribution in [3.8, 4) is 5.69 Å². The molecule has 0 atom stereocenters. The molecule has 150 valence electrons. The van der Waals surface area contributed by atoms with Gasteiger partial charge in [0.1, 0.15) is 10.8 Å². The zero-order valence-corrected chi connectivity index (χ0v) is 16.9. The number of benzene rings is 2. The predicted molar refractivity (Wildman–Crippen MR) is 117 cm³/mol. The molecule has 0 aliphatic rings. The lowest BCUT2D eigenvalue weighted by Crippen LogP contribution is -2.21. The van der Waals surface area contributed by atoms with Crippen LogP contribution >= 0.6 is 11.3 Å². The second-order valence-electron chi connectivity index (χ2n) is 6.43. The first-order valence-corrected chi connectivity index (χ1v) is 10.0. The van der Waals surface area contributed by atoms with Gasteiger partial charge in [0.2, 0.25) is 0 Å². The topological polar surface area (TPSA) is 86.1 Å². The zero-order valence-electron chi connectivity index (χ0n) is 16.1. The van der Waals surface area contributed by atoms with Crippen molar-refractivity contribution in [3.05, 3.63) is 77.4 Å². The monoisotopic (exact) mass is 418 g/mol. The van der Waals surface area contributed by atoms with E-state index in [2.05, 4.69) is 15.4 Å². The number of aryl methyl sites for hydroxylation is 1. The number of anilines is 1. The number of nitrogens with one attached hydrogen (secondary N) is 1. The first kappa shape index (κ1) is 19.5. The van der Waals surface area contributed by atoms with E-state index in [0.29, 0.717) is 10.8 Å². The minimum atomic E-state index is -0.614. The third-order valence-corrected chi connectivity index (χ3v) is 5.12. The van der Waals surface area contributed by atoms with E-state index in [1.165, 1.54) is 17.4 Å². The number of carbonyl (C=O) groups excluding carboxylic acids is 2. The number of ether oxygens (including phenoxy) is 1. The highest BCUT2D eigenvalue weighted by Crippen LogP contribution is 2.22. The van der Waals surface area contributed by atoms with Gasteiger partial charge in [-0.05, 0) is 37.3 Å². The van der Waals surface area contributed by atoms with E-state index in [1.807, 2.05) is 61.5 Å². The van der Waals surface area contributed by atoms with Crippen LogP contribution in [0.1, 0.15) is 10.7 Å². The molecule has 0 spiro atoms. The Kier molecular flexibility index (Phi) is 5.67. The zero-order chi connectivity index (χ0) is 20.9. The van der Waals surface area contributed by atoms with Gasteiger partial charge in [-0.15, -0.1) is 11.3 Å². The molecule has 2 heterocycles. The van der Waals surface area contributed by atoms with Gasteiger partial charge in [-0.3, -0.25) is 4.79 Å². The van der Waals surface area contributed by atoms with Crippen molar-refractivity contribution in [2.75, 3.05) is 11.9 Å². The summed E-state index contributed by atoms with van der Waals surface area (Å²) in [5, 5.41) is 7.81. The van der Waals surface area contributed by atoms with Crippen molar-refractivity contribution in [3.63, 3.8) is 0 Å². The lowest BCUT2D eigenvalue weighted by Gasteiger charge is -2.08. The molecule has 0 unspecified atom stereocenters. The summed E-state index contributed by atoms with van der Waals surface area (Å²) in [6.45, 7) is 1.43. The predicted octanol–water partition coefficient (Wildman–Crippen LogP) is 3.99. The molecule has 2 aromatic carbocycles. The summed E-state index contributed by atoms with van der Waals surface area (Å²) >= 11 is 1.47. The number of hydrogen-bond donors (Lipinski definition) is 1. The van der Waals surface area contributed by atoms with Crippen LogP contribution in [0.5, 0.6) is 0 Å². The molecule has 0 bridgehead atoms. The Balaban J connectivity index is 1.34. The molecular weight excluding hydrogens is 400 g/mol. The minimum absolute atomic E-state index is 0.401. The van der Waals surface area contributed by atoms with Gasteiger partial charge >= 0.3 is 5.97 Å². The summed E-state index contributed by atoms with van der Waals surface area (Å²) in [4.78, 5) is 28.6. The Morgan fingerprint density at radius 3 is 2.70 bits per heavy atom. The normalized spacial score (nSPS) is 11.1. The van der Waals surface area contributed by atoms with E-state index < -0.39 is 18.5 Å². The number of rotatable bonds is 6. The number of aromatic nitrogens is 3. The Morgan fingerprint density at radius 2 is 1.90 bits per heavy atom. The molecule has 0 saturated carbocycles. The van der Waals surface area contributed by atoms with Crippen LogP contribution in [0.2, 0.25) is 0 Å². The fraction of sp³-hybridized carbons (Fsp3) is 0.0909. The van der Waals surface area contributed by atoms with Gasteiger partial charge in [0.05, 0.1) is 21.6 Å². The van der Waals surface area contributed by atoms with Crippen LogP contribution in [-0.2, 0) is 14.3 Å². The second-order valence-corrected chi connectivity index (χ2v) is 7.49. The second kappa shape index (κ2) is 8.71. The van der Waals surface area contributed by atoms with Crippen LogP contribution in [0.4, 0.5) is 5.82 Å². The maximum atomic E-state index is 12.2. The first-order valence-electron chi connectivity index (χ1n) is 9.21. The fourth-order valence-electron chi connectivity index (χ4n) is 2.82. The molecule has 0 fully saturated rings. The Bertz CT molecular complexity index is 1190. The summed E-state index contributed by atoms with van der Waals surface area (Å²) in [6.07, 6.45) is 2.85. The average molecular weight is 418 g/mol. The summed E-state index contributed by atoms with van der Waals surface area (Å²) in [7, 11) is 0. The SMILES string of the molecule is Cc1cc(NC(=O)COC(=O)C=Cc2nc3ccccc3s2)n(-c2ccccc2)n1. The summed E-state index contributed by atoms with van der Waals surface area (Å²) in [6, 6.07) is 18.9. The molecule has 0 radical (unpaired) electrons. The molecular formula is C22H18N4O3S. The Morgan fingerprint density at radius 1 is 1.13 bits per heavy atom. The molecule has 2 aromatic heterocycles. The van der Waals surface area contributed by atoms with Crippen LogP contribution in [0.25, 0.3) is 22.0 Å². The van der Waals surface area contributed by atoms with E-state index in [-0.39, 0.29) is 0 Å². The lowest BCUT2D eigenvalue weighted by atomic mass is 10.3. The van der Waals surface area contributed by atoms with Gasteiger partial charge in [-0.25, -0.2) is 14.5 Å². The molecule has 4 aromatic rings. The summed E-state index contributed by atoms with van der Waals surface area (Å²) < 4.78 is 7.70. The number of para-hydroxylation sites is 2. The highest BCUT2D eigenvalue weighted by Gasteiger charge is 2.12. The molecule has 4 rings (SSSR count). The van der Waals surface area contributed by atoms with Gasteiger partial charge in [0.15, 0.2) is 6.61 Å². The third kappa shape index (κ3) is 4.61. The molecule has 1 N–H and O–H groups in total. The van der Waals surface area contributed by atoms with E-state index in [0.717, 1.165) is 21.6 Å². The quantitative estimate of drug-likeness (QED) is 0.378. The Labute approximate surface area is 176 Å². The molecule has 1 amide bonds. The van der Waals surface area contributed by atoms with Crippen molar-refractivity contribution in [2.24, 2.45) is 0 Å². The van der Waals surface area contributed by atoms with Crippen molar-refractivity contribution >= 4 is 45.3 Å². The number of thiazole rings is 1. The van der Waals surface area contributed by atoms with E-state index >= 15 is 0 Å². The van der Waals surface area contributed by atoms with Crippen LogP contribution < -0.4 is 5.32 Å². The fourth-order valence-corrected chi connectivity index (χ4v) is 3.69. The minimum Gasteiger partial charge on any atom is -0.452 e. The molecule has 8 heteroatoms. The van der Waals surface area contributed by atoms with Crippen LogP contribution in [-0.4, -0.2) is 33.2 Å². The maximum absolute atomic E-state index is 12.2. The van der Waals surface area contributed by atoms with Gasteiger partial charge in [0, 0.05) is 12.1 Å². The number of hydrogen-bond acceptors (Lipinski definition) is 6. The van der Waals surface area contributed by atoms with E-state index in [9.17, 15) is 9.59 Å². The van der Waals surface area contributed by atoms with E-state index in [4.69, 9.17) is 4.74 Å². The highest BCUT2D eigenvalue weighted by atomic mass is 32.1. The van der Waals surface area contributed by atoms with Crippen molar-refractivity contribution in [1.82, 2.24) is 14.8 Å². The average Bonchev–Trinajstić information content (AvgIpc) is 3.34. The highest BCUT2D eigenvalue weighted by molar-refractivity contribution is 7.19. The largest absolute Gasteiger partial charge is 0.452 e. The van der Waals surface area contributed by atoms with Crippen molar-refractivity contribution in [1.29, 1.82) is 0 Å². The number of carbonyl (C=O) groups is 2. The van der Waals surface area contributed by atoms with Crippen molar-refractivity contribution < 1.29 is 14.3 Å². The number of nitrogens with zero attached hydrogens (tertiary/aromatic N) is 3. The lowest BCUT2D eigenvalue weighted by molar-refractivity contribution is -0.142. The number of fused-ring (bicyclic) bond motifs is 1. The van der Waals surface area contributed by atoms with Crippen LogP contribution in [0.15, 0.2) is 66.7 Å². The van der Waals surface area contributed by atoms with Crippen LogP contribution in [0.3, 0.4) is 0 Å². The maximum Gasteiger partial charge on any atom is 0.331 e.